The first-order chi connectivity index (χ1) is 4.97. The Labute approximate surface area is 60.3 Å². The molecule has 4 N–H and O–H groups in total. The maximum absolute atomic E-state index is 3.74. The molecule has 0 aliphatic rings. The molecule has 0 unspecified atom stereocenters. The molecule has 0 fully saturated rings. The third-order valence-corrected chi connectivity index (χ3v) is 0.989. The van der Waals surface area contributed by atoms with Crippen molar-refractivity contribution < 1.29 is 5.48 Å². The van der Waals surface area contributed by atoms with Gasteiger partial charge in [0.1, 0.15) is 0 Å². The molecule has 0 amide bonds. The molecular weight excluding hydrogens is 150 g/mol. The zero-order chi connectivity index (χ0) is 6.81. The molecule has 0 saturated carbocycles. The molecule has 0 aliphatic carbocycles. The highest BCUT2D eigenvalue weighted by Gasteiger charge is 2.03. The third-order valence-electron chi connectivity index (χ3n) is 0.989. The van der Waals surface area contributed by atoms with Crippen molar-refractivity contribution in [3.63, 3.8) is 0 Å². The largest absolute Gasteiger partial charge is 0.412 e. The molecule has 0 saturated heterocycles. The molecule has 2 rings (SSSR count). The van der Waals surface area contributed by atoms with Crippen molar-refractivity contribution in [3.05, 3.63) is 6.20 Å². The highest BCUT2D eigenvalue weighted by atomic mass is 16.0. The van der Waals surface area contributed by atoms with E-state index in [1.54, 1.807) is 0 Å². The lowest BCUT2D eigenvalue weighted by molar-refractivity contribution is 0.824. The standard InChI is InChI=1S/C3H3N7.H2O/c1-2(5-8-4-1)3-6-9-10-7-3;/h1H,(H,4,5,8)(H,6,7,9,10);1H2. The van der Waals surface area contributed by atoms with Gasteiger partial charge in [0.2, 0.25) is 5.82 Å². The number of H-pyrrole nitrogens is 2. The molecular formula is C3H5N7O. The van der Waals surface area contributed by atoms with E-state index in [0.717, 1.165) is 0 Å². The van der Waals surface area contributed by atoms with Crippen molar-refractivity contribution in [1.29, 1.82) is 0 Å². The first-order valence-corrected chi connectivity index (χ1v) is 2.56. The fraction of sp³-hybridized carbons (Fsp3) is 0. The van der Waals surface area contributed by atoms with E-state index in [2.05, 4.69) is 36.0 Å². The van der Waals surface area contributed by atoms with E-state index >= 15 is 0 Å². The van der Waals surface area contributed by atoms with Gasteiger partial charge in [-0.25, -0.2) is 0 Å². The normalized spacial score (nSPS) is 9.09. The van der Waals surface area contributed by atoms with Gasteiger partial charge in [-0.2, -0.15) is 20.6 Å². The molecule has 8 heteroatoms. The Morgan fingerprint density at radius 3 is 2.64 bits per heavy atom. The molecule has 2 heterocycles. The van der Waals surface area contributed by atoms with Crippen LogP contribution in [0.1, 0.15) is 0 Å². The van der Waals surface area contributed by atoms with E-state index in [1.807, 2.05) is 0 Å². The predicted molar refractivity (Wildman–Crippen MR) is 33.2 cm³/mol. The Bertz CT molecular complexity index is 253. The molecule has 0 atom stereocenters. The average molecular weight is 155 g/mol. The second-order valence-electron chi connectivity index (χ2n) is 1.59. The van der Waals surface area contributed by atoms with E-state index < -0.39 is 0 Å². The van der Waals surface area contributed by atoms with Gasteiger partial charge in [-0.1, -0.05) is 0 Å². The smallest absolute Gasteiger partial charge is 0.226 e. The molecule has 8 nitrogen and oxygen atoms in total. The van der Waals surface area contributed by atoms with Crippen LogP contribution in [0.25, 0.3) is 11.5 Å². The van der Waals surface area contributed by atoms with Crippen LogP contribution in [0.3, 0.4) is 0 Å². The van der Waals surface area contributed by atoms with Crippen LogP contribution in [0.5, 0.6) is 0 Å². The third kappa shape index (κ3) is 1.19. The minimum Gasteiger partial charge on any atom is -0.412 e. The summed E-state index contributed by atoms with van der Waals surface area (Å²) in [5, 5.41) is 22.8. The summed E-state index contributed by atoms with van der Waals surface area (Å²) in [5.41, 5.74) is 0.578. The van der Waals surface area contributed by atoms with Crippen molar-refractivity contribution in [2.75, 3.05) is 0 Å². The summed E-state index contributed by atoms with van der Waals surface area (Å²) < 4.78 is 0. The molecule has 2 aromatic heterocycles. The fourth-order valence-corrected chi connectivity index (χ4v) is 0.580. The van der Waals surface area contributed by atoms with E-state index in [-0.39, 0.29) is 5.48 Å². The summed E-state index contributed by atoms with van der Waals surface area (Å²) in [4.78, 5) is 0. The number of nitrogens with zero attached hydrogens (tertiary/aromatic N) is 5. The van der Waals surface area contributed by atoms with E-state index in [1.165, 1.54) is 6.20 Å². The van der Waals surface area contributed by atoms with Gasteiger partial charge in [-0.05, 0) is 5.21 Å². The zero-order valence-corrected chi connectivity index (χ0v) is 5.31. The predicted octanol–water partition coefficient (Wildman–Crippen LogP) is -1.84. The van der Waals surface area contributed by atoms with Crippen LogP contribution in [0, 0.1) is 0 Å². The number of hydrogen-bond donors (Lipinski definition) is 2. The second-order valence-corrected chi connectivity index (χ2v) is 1.59. The molecule has 0 bridgehead atoms. The maximum atomic E-state index is 3.74. The highest BCUT2D eigenvalue weighted by molar-refractivity contribution is 5.43. The SMILES string of the molecule is O.c1n[nH]nc1-c1nn[nH]n1. The maximum Gasteiger partial charge on any atom is 0.226 e. The van der Waals surface area contributed by atoms with Crippen LogP contribution in [0.15, 0.2) is 6.20 Å². The summed E-state index contributed by atoms with van der Waals surface area (Å²) >= 11 is 0. The second kappa shape index (κ2) is 2.84. The van der Waals surface area contributed by atoms with Crippen LogP contribution >= 0.6 is 0 Å². The Morgan fingerprint density at radius 2 is 2.09 bits per heavy atom. The van der Waals surface area contributed by atoms with Crippen molar-refractivity contribution in [2.45, 2.75) is 0 Å². The van der Waals surface area contributed by atoms with Crippen molar-refractivity contribution in [1.82, 2.24) is 36.0 Å². The van der Waals surface area contributed by atoms with Gasteiger partial charge >= 0.3 is 0 Å². The van der Waals surface area contributed by atoms with E-state index in [4.69, 9.17) is 0 Å². The lowest BCUT2D eigenvalue weighted by Crippen LogP contribution is -1.79. The molecule has 0 aromatic carbocycles. The first kappa shape index (κ1) is 7.28. The van der Waals surface area contributed by atoms with Crippen LogP contribution in [0.2, 0.25) is 0 Å². The van der Waals surface area contributed by atoms with Gasteiger partial charge in [-0.3, -0.25) is 0 Å². The molecule has 58 valence electrons. The number of rotatable bonds is 1. The summed E-state index contributed by atoms with van der Waals surface area (Å²) in [6, 6.07) is 0. The van der Waals surface area contributed by atoms with Crippen LogP contribution in [0.4, 0.5) is 0 Å². The summed E-state index contributed by atoms with van der Waals surface area (Å²) in [5.74, 6) is 0.439. The molecule has 0 radical (unpaired) electrons. The van der Waals surface area contributed by atoms with Crippen LogP contribution in [-0.2, 0) is 0 Å². The van der Waals surface area contributed by atoms with Crippen molar-refractivity contribution in [3.8, 4) is 11.5 Å². The van der Waals surface area contributed by atoms with Gasteiger partial charge in [-0.15, -0.1) is 10.2 Å². The van der Waals surface area contributed by atoms with Gasteiger partial charge in [0.05, 0.1) is 6.20 Å². The average Bonchev–Trinajstić information content (AvgIpc) is 2.59. The lowest BCUT2D eigenvalue weighted by atomic mass is 10.5. The topological polar surface area (TPSA) is 128 Å². The van der Waals surface area contributed by atoms with E-state index in [0.29, 0.717) is 11.5 Å². The Hall–Kier alpha value is -1.83. The fourth-order valence-electron chi connectivity index (χ4n) is 0.580. The number of tetrazole rings is 1. The first-order valence-electron chi connectivity index (χ1n) is 2.56. The Morgan fingerprint density at radius 1 is 1.18 bits per heavy atom. The molecule has 2 aromatic rings. The minimum atomic E-state index is 0. The Kier molecular flexibility index (Phi) is 1.88. The summed E-state index contributed by atoms with van der Waals surface area (Å²) in [6.45, 7) is 0. The van der Waals surface area contributed by atoms with E-state index in [9.17, 15) is 0 Å². The number of hydrogen-bond acceptors (Lipinski definition) is 5. The van der Waals surface area contributed by atoms with Gasteiger partial charge in [0.25, 0.3) is 0 Å². The highest BCUT2D eigenvalue weighted by Crippen LogP contribution is 2.03. The van der Waals surface area contributed by atoms with Gasteiger partial charge in [0.15, 0.2) is 5.69 Å². The number of aromatic amines is 2. The summed E-state index contributed by atoms with van der Waals surface area (Å²) in [7, 11) is 0. The Balaban J connectivity index is 0.000000605. The minimum absolute atomic E-state index is 0. The van der Waals surface area contributed by atoms with Crippen molar-refractivity contribution in [2.24, 2.45) is 0 Å². The number of nitrogens with one attached hydrogen (secondary N) is 2. The molecule has 11 heavy (non-hydrogen) atoms. The number of aromatic nitrogens is 7. The van der Waals surface area contributed by atoms with Crippen LogP contribution < -0.4 is 0 Å². The monoisotopic (exact) mass is 155 g/mol. The van der Waals surface area contributed by atoms with Gasteiger partial charge < -0.3 is 5.48 Å². The van der Waals surface area contributed by atoms with Crippen molar-refractivity contribution >= 4 is 0 Å². The van der Waals surface area contributed by atoms with Gasteiger partial charge in [0, 0.05) is 0 Å². The zero-order valence-electron chi connectivity index (χ0n) is 5.31. The molecule has 0 spiro atoms. The summed E-state index contributed by atoms with van der Waals surface area (Å²) in [6.07, 6.45) is 1.52. The van der Waals surface area contributed by atoms with Crippen LogP contribution in [-0.4, -0.2) is 41.5 Å². The quantitative estimate of drug-likeness (QED) is 0.500. The molecule has 0 aliphatic heterocycles. The lowest BCUT2D eigenvalue weighted by Gasteiger charge is -1.76.